The molecule has 5 unspecified atom stereocenters. The van der Waals surface area contributed by atoms with Crippen molar-refractivity contribution in [2.75, 3.05) is 6.61 Å². The van der Waals surface area contributed by atoms with Gasteiger partial charge < -0.3 is 31.1 Å². The summed E-state index contributed by atoms with van der Waals surface area (Å²) in [5, 5.41) is 30.6. The molecule has 2 heterocycles. The van der Waals surface area contributed by atoms with E-state index in [0.29, 0.717) is 0 Å². The van der Waals surface area contributed by atoms with Crippen LogP contribution in [0, 0.1) is 0 Å². The Balaban J connectivity index is 2.13. The van der Waals surface area contributed by atoms with Gasteiger partial charge in [0.1, 0.15) is 18.3 Å². The summed E-state index contributed by atoms with van der Waals surface area (Å²) < 4.78 is 5.20. The molecule has 0 aliphatic carbocycles. The van der Waals surface area contributed by atoms with E-state index in [4.69, 9.17) is 15.6 Å². The van der Waals surface area contributed by atoms with Crippen LogP contribution in [0.2, 0.25) is 0 Å². The standard InChI is InChI=1S/C9H15N3O5/c10-5-1-2-12(9(16)11-5)8-7(15)6(14)4(3-13)17-8/h1-2,4-8,13-15H,3,10H2,(H,11,16). The summed E-state index contributed by atoms with van der Waals surface area (Å²) in [5.74, 6) is 0. The number of hydrogen-bond donors (Lipinski definition) is 5. The van der Waals surface area contributed by atoms with Gasteiger partial charge in [0.05, 0.1) is 12.8 Å². The van der Waals surface area contributed by atoms with Gasteiger partial charge in [-0.2, -0.15) is 0 Å². The van der Waals surface area contributed by atoms with Crippen LogP contribution >= 0.6 is 0 Å². The molecule has 0 aromatic heterocycles. The summed E-state index contributed by atoms with van der Waals surface area (Å²) in [6, 6.07) is -0.533. The van der Waals surface area contributed by atoms with E-state index in [2.05, 4.69) is 5.32 Å². The van der Waals surface area contributed by atoms with E-state index >= 15 is 0 Å². The fourth-order valence-corrected chi connectivity index (χ4v) is 1.83. The van der Waals surface area contributed by atoms with E-state index in [0.717, 1.165) is 4.90 Å². The molecule has 8 nitrogen and oxygen atoms in total. The van der Waals surface area contributed by atoms with Crippen molar-refractivity contribution < 1.29 is 24.9 Å². The first-order valence-electron chi connectivity index (χ1n) is 5.20. The first-order valence-corrected chi connectivity index (χ1v) is 5.20. The van der Waals surface area contributed by atoms with Gasteiger partial charge in [0, 0.05) is 6.20 Å². The third-order valence-corrected chi connectivity index (χ3v) is 2.77. The summed E-state index contributed by atoms with van der Waals surface area (Å²) in [7, 11) is 0. The lowest BCUT2D eigenvalue weighted by Crippen LogP contribution is -2.55. The zero-order chi connectivity index (χ0) is 12.6. The zero-order valence-corrected chi connectivity index (χ0v) is 8.93. The van der Waals surface area contributed by atoms with E-state index in [-0.39, 0.29) is 0 Å². The Bertz CT molecular complexity index is 337. The molecule has 1 saturated heterocycles. The molecule has 0 saturated carbocycles. The molecule has 0 bridgehead atoms. The number of urea groups is 1. The van der Waals surface area contributed by atoms with Gasteiger partial charge in [0.25, 0.3) is 0 Å². The van der Waals surface area contributed by atoms with Crippen LogP contribution in [0.15, 0.2) is 12.3 Å². The van der Waals surface area contributed by atoms with Crippen LogP contribution in [-0.4, -0.2) is 63.6 Å². The highest BCUT2D eigenvalue weighted by Crippen LogP contribution is 2.25. The number of nitrogens with one attached hydrogen (secondary N) is 1. The Morgan fingerprint density at radius 1 is 1.47 bits per heavy atom. The van der Waals surface area contributed by atoms with Gasteiger partial charge in [-0.3, -0.25) is 4.90 Å². The summed E-state index contributed by atoms with van der Waals surface area (Å²) in [4.78, 5) is 12.7. The third-order valence-electron chi connectivity index (χ3n) is 2.77. The molecule has 17 heavy (non-hydrogen) atoms. The molecule has 0 aromatic rings. The van der Waals surface area contributed by atoms with E-state index in [1.54, 1.807) is 0 Å². The quantitative estimate of drug-likeness (QED) is 0.359. The Labute approximate surface area is 97.3 Å². The van der Waals surface area contributed by atoms with Crippen molar-refractivity contribution in [3.63, 3.8) is 0 Å². The fraction of sp³-hybridized carbons (Fsp3) is 0.667. The van der Waals surface area contributed by atoms with Crippen LogP contribution in [0.4, 0.5) is 4.79 Å². The lowest BCUT2D eigenvalue weighted by atomic mass is 10.1. The van der Waals surface area contributed by atoms with Crippen molar-refractivity contribution in [3.8, 4) is 0 Å². The minimum Gasteiger partial charge on any atom is -0.394 e. The van der Waals surface area contributed by atoms with Crippen molar-refractivity contribution in [3.05, 3.63) is 12.3 Å². The van der Waals surface area contributed by atoms with Crippen LogP contribution in [-0.2, 0) is 4.74 Å². The number of carbonyl (C=O) groups is 1. The molecule has 1 fully saturated rings. The van der Waals surface area contributed by atoms with Gasteiger partial charge in [0.15, 0.2) is 6.23 Å². The molecule has 2 amide bonds. The molecule has 96 valence electrons. The largest absolute Gasteiger partial charge is 0.394 e. The Hall–Kier alpha value is -1.19. The smallest absolute Gasteiger partial charge is 0.325 e. The zero-order valence-electron chi connectivity index (χ0n) is 8.93. The molecule has 2 rings (SSSR count). The van der Waals surface area contributed by atoms with Crippen molar-refractivity contribution in [2.45, 2.75) is 30.7 Å². The number of ether oxygens (including phenoxy) is 1. The maximum absolute atomic E-state index is 11.6. The van der Waals surface area contributed by atoms with Crippen molar-refractivity contribution in [2.24, 2.45) is 5.73 Å². The van der Waals surface area contributed by atoms with E-state index in [9.17, 15) is 15.0 Å². The highest BCUT2D eigenvalue weighted by Gasteiger charge is 2.46. The van der Waals surface area contributed by atoms with Crippen LogP contribution < -0.4 is 11.1 Å². The molecular weight excluding hydrogens is 230 g/mol. The highest BCUT2D eigenvalue weighted by molar-refractivity contribution is 5.77. The monoisotopic (exact) mass is 245 g/mol. The summed E-state index contributed by atoms with van der Waals surface area (Å²) in [6.07, 6.45) is -2.16. The van der Waals surface area contributed by atoms with Crippen LogP contribution in [0.5, 0.6) is 0 Å². The van der Waals surface area contributed by atoms with Gasteiger partial charge in [0.2, 0.25) is 0 Å². The second-order valence-corrected chi connectivity index (χ2v) is 3.95. The van der Waals surface area contributed by atoms with Gasteiger partial charge in [-0.05, 0) is 6.08 Å². The lowest BCUT2D eigenvalue weighted by Gasteiger charge is -2.31. The fourth-order valence-electron chi connectivity index (χ4n) is 1.83. The predicted molar refractivity (Wildman–Crippen MR) is 55.2 cm³/mol. The minimum absolute atomic E-state index is 0.437. The summed E-state index contributed by atoms with van der Waals surface area (Å²) in [5.41, 5.74) is 5.46. The Kier molecular flexibility index (Phi) is 3.31. The summed E-state index contributed by atoms with van der Waals surface area (Å²) in [6.45, 7) is -0.437. The molecule has 8 heteroatoms. The van der Waals surface area contributed by atoms with E-state index in [1.807, 2.05) is 0 Å². The van der Waals surface area contributed by atoms with E-state index < -0.39 is 43.3 Å². The number of aliphatic hydroxyl groups is 3. The second kappa shape index (κ2) is 4.59. The second-order valence-electron chi connectivity index (χ2n) is 3.95. The average Bonchev–Trinajstić information content (AvgIpc) is 2.57. The first kappa shape index (κ1) is 12.3. The van der Waals surface area contributed by atoms with Gasteiger partial charge >= 0.3 is 6.03 Å². The highest BCUT2D eigenvalue weighted by atomic mass is 16.6. The van der Waals surface area contributed by atoms with Crippen molar-refractivity contribution in [1.29, 1.82) is 0 Å². The molecule has 6 N–H and O–H groups in total. The van der Waals surface area contributed by atoms with Crippen LogP contribution in [0.25, 0.3) is 0 Å². The van der Waals surface area contributed by atoms with Gasteiger partial charge in [-0.1, -0.05) is 0 Å². The number of hydrogen-bond acceptors (Lipinski definition) is 6. The van der Waals surface area contributed by atoms with Gasteiger partial charge in [-0.15, -0.1) is 0 Å². The van der Waals surface area contributed by atoms with Crippen LogP contribution in [0.3, 0.4) is 0 Å². The van der Waals surface area contributed by atoms with Gasteiger partial charge in [-0.25, -0.2) is 4.79 Å². The van der Waals surface area contributed by atoms with E-state index in [1.165, 1.54) is 12.3 Å². The number of carbonyl (C=O) groups excluding carboxylic acids is 1. The number of amides is 2. The van der Waals surface area contributed by atoms with Crippen molar-refractivity contribution in [1.82, 2.24) is 10.2 Å². The molecule has 5 atom stereocenters. The number of nitrogens with two attached hydrogens (primary N) is 1. The Morgan fingerprint density at radius 3 is 2.71 bits per heavy atom. The number of nitrogens with zero attached hydrogens (tertiary/aromatic N) is 1. The maximum atomic E-state index is 11.6. The number of aliphatic hydroxyl groups excluding tert-OH is 3. The topological polar surface area (TPSA) is 128 Å². The third kappa shape index (κ3) is 2.13. The molecule has 2 aliphatic heterocycles. The molecule has 0 radical (unpaired) electrons. The SMILES string of the molecule is NC1C=CN(C2OC(CO)C(O)C2O)C(=O)N1. The summed E-state index contributed by atoms with van der Waals surface area (Å²) >= 11 is 0. The lowest BCUT2D eigenvalue weighted by molar-refractivity contribution is -0.0660. The molecule has 2 aliphatic rings. The number of rotatable bonds is 2. The minimum atomic E-state index is -1.28. The first-order chi connectivity index (χ1) is 8.04. The molecule has 0 aromatic carbocycles. The normalized spacial score (nSPS) is 41.8. The maximum Gasteiger partial charge on any atom is 0.325 e. The van der Waals surface area contributed by atoms with Crippen molar-refractivity contribution >= 4 is 6.03 Å². The Morgan fingerprint density at radius 2 is 2.18 bits per heavy atom. The van der Waals surface area contributed by atoms with Crippen LogP contribution in [0.1, 0.15) is 0 Å². The predicted octanol–water partition coefficient (Wildman–Crippen LogP) is -2.75. The molecule has 0 spiro atoms. The average molecular weight is 245 g/mol. The molecular formula is C9H15N3O5.